The minimum absolute atomic E-state index is 0.00364. The maximum atomic E-state index is 14.0. The second-order valence-electron chi connectivity index (χ2n) is 17.1. The number of hydrogen-bond acceptors (Lipinski definition) is 15. The van der Waals surface area contributed by atoms with Gasteiger partial charge in [-0.05, 0) is 61.7 Å². The molecule has 5 aromatic rings. The highest BCUT2D eigenvalue weighted by atomic mass is 16.8. The Kier molecular flexibility index (Phi) is 16.8. The van der Waals surface area contributed by atoms with Gasteiger partial charge in [0.05, 0.1) is 49.3 Å². The summed E-state index contributed by atoms with van der Waals surface area (Å²) in [5.41, 5.74) is 2.86. The van der Waals surface area contributed by atoms with Crippen LogP contribution in [0.2, 0.25) is 0 Å². The summed E-state index contributed by atoms with van der Waals surface area (Å²) in [6, 6.07) is 44.7. The highest BCUT2D eigenvalue weighted by Crippen LogP contribution is 2.37. The number of esters is 2. The molecule has 3 aliphatic rings. The minimum atomic E-state index is -1.50. The number of ether oxygens (including phenoxy) is 10. The summed E-state index contributed by atoms with van der Waals surface area (Å²) in [6.45, 7) is 4.94. The van der Waals surface area contributed by atoms with Gasteiger partial charge in [0.1, 0.15) is 42.7 Å². The van der Waals surface area contributed by atoms with E-state index in [1.807, 2.05) is 91.0 Å². The Hall–Kier alpha value is -5.40. The van der Waals surface area contributed by atoms with Crippen LogP contribution in [0.25, 0.3) is 0 Å². The van der Waals surface area contributed by atoms with Crippen molar-refractivity contribution in [1.82, 2.24) is 0 Å². The molecule has 0 bridgehead atoms. The molecule has 3 fully saturated rings. The lowest BCUT2D eigenvalue weighted by Gasteiger charge is -2.49. The third-order valence-electron chi connectivity index (χ3n) is 12.2. The Morgan fingerprint density at radius 1 is 0.412 bits per heavy atom. The number of hydrogen-bond donors (Lipinski definition) is 3. The van der Waals surface area contributed by atoms with Crippen LogP contribution in [-0.4, -0.2) is 119 Å². The summed E-state index contributed by atoms with van der Waals surface area (Å²) >= 11 is 0. The van der Waals surface area contributed by atoms with E-state index in [2.05, 4.69) is 0 Å². The third kappa shape index (κ3) is 12.1. The van der Waals surface area contributed by atoms with Crippen LogP contribution in [0.15, 0.2) is 152 Å². The molecule has 0 spiro atoms. The highest BCUT2D eigenvalue weighted by Gasteiger charge is 2.56. The molecule has 3 saturated heterocycles. The molecule has 8 rings (SSSR count). The predicted molar refractivity (Wildman–Crippen MR) is 243 cm³/mol. The number of benzene rings is 5. The van der Waals surface area contributed by atoms with Crippen molar-refractivity contribution in [2.24, 2.45) is 0 Å². The summed E-state index contributed by atoms with van der Waals surface area (Å²) in [5.74, 6) is -1.40. The first kappa shape index (κ1) is 49.0. The van der Waals surface area contributed by atoms with Crippen molar-refractivity contribution in [3.8, 4) is 0 Å². The largest absolute Gasteiger partial charge is 0.452 e. The molecule has 3 heterocycles. The van der Waals surface area contributed by atoms with Crippen LogP contribution in [-0.2, 0) is 67.2 Å². The van der Waals surface area contributed by atoms with Crippen LogP contribution in [0.3, 0.4) is 0 Å². The van der Waals surface area contributed by atoms with Gasteiger partial charge in [0.25, 0.3) is 0 Å². The Labute approximate surface area is 395 Å². The van der Waals surface area contributed by atoms with E-state index < -0.39 is 104 Å². The topological polar surface area (TPSA) is 187 Å². The highest BCUT2D eigenvalue weighted by molar-refractivity contribution is 5.90. The molecule has 68 heavy (non-hydrogen) atoms. The van der Waals surface area contributed by atoms with Crippen molar-refractivity contribution in [1.29, 1.82) is 0 Å². The fourth-order valence-electron chi connectivity index (χ4n) is 8.46. The lowest BCUT2D eigenvalue weighted by molar-refractivity contribution is -0.382. The van der Waals surface area contributed by atoms with Crippen LogP contribution in [0.5, 0.6) is 0 Å². The van der Waals surface area contributed by atoms with Crippen molar-refractivity contribution in [2.75, 3.05) is 0 Å². The van der Waals surface area contributed by atoms with Gasteiger partial charge < -0.3 is 62.7 Å². The zero-order valence-corrected chi connectivity index (χ0v) is 38.0. The standard InChI is InChI=1S/C53H58O15/c1-32-40(54)43(46(51(58)62-32)59-29-35-19-9-4-10-20-35)67-52-47(60-30-36-21-11-5-12-22-36)44(41(55)33(2)63-52)68-53-48(61-31-37-23-13-6-14-24-37)45(66-50(57)39-27-17-8-18-28-39)42(34(3)64-53)65-49(56)38-25-15-7-16-26-38/h4-28,32-34,40-48,51-55,58H,29-31H2,1-3H3/t32-,33-,34-,40+,41+,42+,43+,44+,45+,46-,47-,48-,51+,52-,53-/m0/s1. The average molecular weight is 935 g/mol. The first-order valence-electron chi connectivity index (χ1n) is 22.8. The van der Waals surface area contributed by atoms with Crippen LogP contribution < -0.4 is 0 Å². The Morgan fingerprint density at radius 2 is 0.750 bits per heavy atom. The van der Waals surface area contributed by atoms with Gasteiger partial charge in [-0.1, -0.05) is 127 Å². The van der Waals surface area contributed by atoms with E-state index in [1.165, 1.54) is 0 Å². The minimum Gasteiger partial charge on any atom is -0.452 e. The molecule has 0 aliphatic carbocycles. The van der Waals surface area contributed by atoms with E-state index in [0.717, 1.165) is 16.7 Å². The molecule has 0 saturated carbocycles. The van der Waals surface area contributed by atoms with Gasteiger partial charge >= 0.3 is 11.9 Å². The van der Waals surface area contributed by atoms with Gasteiger partial charge in [-0.25, -0.2) is 9.59 Å². The monoisotopic (exact) mass is 934 g/mol. The van der Waals surface area contributed by atoms with Crippen LogP contribution in [0, 0.1) is 0 Å². The van der Waals surface area contributed by atoms with Gasteiger partial charge in [0.15, 0.2) is 31.1 Å². The number of aliphatic hydroxyl groups excluding tert-OH is 3. The van der Waals surface area contributed by atoms with Gasteiger partial charge in [0.2, 0.25) is 0 Å². The number of aliphatic hydroxyl groups is 3. The van der Waals surface area contributed by atoms with Crippen molar-refractivity contribution in [3.63, 3.8) is 0 Å². The molecule has 3 N–H and O–H groups in total. The molecule has 5 aromatic carbocycles. The van der Waals surface area contributed by atoms with E-state index in [0.29, 0.717) is 0 Å². The second-order valence-corrected chi connectivity index (χ2v) is 17.1. The van der Waals surface area contributed by atoms with Crippen molar-refractivity contribution in [3.05, 3.63) is 179 Å². The van der Waals surface area contributed by atoms with Gasteiger partial charge in [-0.3, -0.25) is 0 Å². The van der Waals surface area contributed by atoms with Gasteiger partial charge in [0, 0.05) is 0 Å². The maximum Gasteiger partial charge on any atom is 0.338 e. The lowest BCUT2D eigenvalue weighted by atomic mass is 9.96. The molecule has 0 radical (unpaired) electrons. The molecule has 0 unspecified atom stereocenters. The van der Waals surface area contributed by atoms with Crippen molar-refractivity contribution < 1.29 is 72.3 Å². The van der Waals surface area contributed by atoms with E-state index >= 15 is 0 Å². The number of carbonyl (C=O) groups excluding carboxylic acids is 2. The fourth-order valence-corrected chi connectivity index (χ4v) is 8.46. The first-order chi connectivity index (χ1) is 33.0. The summed E-state index contributed by atoms with van der Waals surface area (Å²) in [5, 5.41) is 35.0. The molecule has 0 aromatic heterocycles. The van der Waals surface area contributed by atoms with E-state index in [9.17, 15) is 24.9 Å². The Bertz CT molecular complexity index is 2310. The molecule has 3 aliphatic heterocycles. The van der Waals surface area contributed by atoms with Gasteiger partial charge in [-0.2, -0.15) is 0 Å². The predicted octanol–water partition coefficient (Wildman–Crippen LogP) is 5.91. The van der Waals surface area contributed by atoms with Crippen molar-refractivity contribution >= 4 is 11.9 Å². The van der Waals surface area contributed by atoms with Crippen LogP contribution >= 0.6 is 0 Å². The number of carbonyl (C=O) groups is 2. The number of rotatable bonds is 17. The fraction of sp³-hybridized carbons (Fsp3) is 0.396. The lowest BCUT2D eigenvalue weighted by Crippen LogP contribution is -2.66. The third-order valence-corrected chi connectivity index (χ3v) is 12.2. The molecular weight excluding hydrogens is 877 g/mol. The summed E-state index contributed by atoms with van der Waals surface area (Å²) in [7, 11) is 0. The van der Waals surface area contributed by atoms with Crippen LogP contribution in [0.1, 0.15) is 58.2 Å². The summed E-state index contributed by atoms with van der Waals surface area (Å²) < 4.78 is 64.0. The molecule has 360 valence electrons. The molecule has 0 amide bonds. The molecular formula is C53H58O15. The first-order valence-corrected chi connectivity index (χ1v) is 22.8. The van der Waals surface area contributed by atoms with Crippen molar-refractivity contribution in [2.45, 2.75) is 133 Å². The summed E-state index contributed by atoms with van der Waals surface area (Å²) in [4.78, 5) is 27.7. The molecule has 15 heteroatoms. The van der Waals surface area contributed by atoms with E-state index in [4.69, 9.17) is 47.4 Å². The van der Waals surface area contributed by atoms with Gasteiger partial charge in [-0.15, -0.1) is 0 Å². The zero-order valence-electron chi connectivity index (χ0n) is 38.0. The Morgan fingerprint density at radius 3 is 1.19 bits per heavy atom. The SMILES string of the molecule is C[C@@H]1O[C@@H](O[C@@H]2[C@H](O)[C@H](C)O[C@@H](O)[C@H]2OCc2ccccc2)[C@@H](OCc2ccccc2)[C@H](O[C@@H]2O[C@@H](C)[C@@H](OC(=O)c3ccccc3)[C@@H](OC(=O)c3ccccc3)[C@@H]2OCc2ccccc2)[C@@H]1O. The quantitative estimate of drug-likeness (QED) is 0.0934. The second kappa shape index (κ2) is 23.3. The molecule has 15 atom stereocenters. The maximum absolute atomic E-state index is 14.0. The summed E-state index contributed by atoms with van der Waals surface area (Å²) in [6.07, 6.45) is -18.7. The zero-order chi connectivity index (χ0) is 47.6. The van der Waals surface area contributed by atoms with Crippen LogP contribution in [0.4, 0.5) is 0 Å². The normalized spacial score (nSPS) is 31.6. The molecule has 15 nitrogen and oxygen atoms in total. The average Bonchev–Trinajstić information content (AvgIpc) is 3.36. The van der Waals surface area contributed by atoms with E-state index in [-0.39, 0.29) is 30.9 Å². The van der Waals surface area contributed by atoms with E-state index in [1.54, 1.807) is 81.4 Å². The Balaban J connectivity index is 1.14. The smallest absolute Gasteiger partial charge is 0.338 e.